The van der Waals surface area contributed by atoms with Crippen molar-refractivity contribution in [3.63, 3.8) is 0 Å². The van der Waals surface area contributed by atoms with Gasteiger partial charge in [-0.05, 0) is 43.5 Å². The third-order valence-corrected chi connectivity index (χ3v) is 2.90. The molecule has 0 radical (unpaired) electrons. The van der Waals surface area contributed by atoms with Gasteiger partial charge < -0.3 is 14.9 Å². The number of aryl methyl sites for hydroxylation is 2. The molecule has 4 nitrogen and oxygen atoms in total. The molecule has 0 aliphatic heterocycles. The van der Waals surface area contributed by atoms with E-state index in [0.29, 0.717) is 5.75 Å². The predicted molar refractivity (Wildman–Crippen MR) is 68.7 cm³/mol. The number of nitrogens with two attached hydrogens (primary N) is 1. The fraction of sp³-hybridized carbons (Fsp3) is 0.214. The number of furan rings is 1. The number of esters is 1. The van der Waals surface area contributed by atoms with Gasteiger partial charge in [-0.25, -0.2) is 4.79 Å². The molecular formula is C14H15NO3. The van der Waals surface area contributed by atoms with Gasteiger partial charge in [0.1, 0.15) is 5.75 Å². The van der Waals surface area contributed by atoms with Crippen molar-refractivity contribution < 1.29 is 13.9 Å². The minimum absolute atomic E-state index is 0.104. The predicted octanol–water partition coefficient (Wildman–Crippen LogP) is 3.01. The second kappa shape index (κ2) is 4.56. The highest BCUT2D eigenvalue weighted by atomic mass is 16.5. The Morgan fingerprint density at radius 2 is 1.78 bits per heavy atom. The quantitative estimate of drug-likeness (QED) is 0.652. The minimum Gasteiger partial charge on any atom is -0.434 e. The molecule has 0 unspecified atom stereocenters. The van der Waals surface area contributed by atoms with E-state index in [1.165, 1.54) is 12.1 Å². The first-order chi connectivity index (χ1) is 8.49. The highest BCUT2D eigenvalue weighted by molar-refractivity contribution is 5.89. The molecule has 18 heavy (non-hydrogen) atoms. The van der Waals surface area contributed by atoms with Crippen LogP contribution in [0.2, 0.25) is 0 Å². The van der Waals surface area contributed by atoms with Gasteiger partial charge in [-0.3, -0.25) is 0 Å². The highest BCUT2D eigenvalue weighted by Gasteiger charge is 2.16. The van der Waals surface area contributed by atoms with E-state index < -0.39 is 5.97 Å². The van der Waals surface area contributed by atoms with Gasteiger partial charge in [0.25, 0.3) is 0 Å². The van der Waals surface area contributed by atoms with Crippen LogP contribution in [0.25, 0.3) is 0 Å². The number of rotatable bonds is 2. The highest BCUT2D eigenvalue weighted by Crippen LogP contribution is 2.26. The van der Waals surface area contributed by atoms with Crippen molar-refractivity contribution in [1.29, 1.82) is 0 Å². The van der Waals surface area contributed by atoms with Crippen LogP contribution in [-0.2, 0) is 0 Å². The molecule has 2 rings (SSSR count). The lowest BCUT2D eigenvalue weighted by Gasteiger charge is -2.11. The van der Waals surface area contributed by atoms with Crippen molar-refractivity contribution in [3.8, 4) is 5.75 Å². The summed E-state index contributed by atoms with van der Waals surface area (Å²) in [6.07, 6.45) is 0. The molecule has 0 fully saturated rings. The summed E-state index contributed by atoms with van der Waals surface area (Å²) < 4.78 is 10.4. The smallest absolute Gasteiger partial charge is 0.379 e. The van der Waals surface area contributed by atoms with Gasteiger partial charge >= 0.3 is 5.97 Å². The Balaban J connectivity index is 2.30. The maximum absolute atomic E-state index is 11.9. The third-order valence-electron chi connectivity index (χ3n) is 2.90. The summed E-state index contributed by atoms with van der Waals surface area (Å²) in [7, 11) is 0. The Bertz CT molecular complexity index is 599. The molecule has 0 aliphatic carbocycles. The molecule has 1 aromatic heterocycles. The van der Waals surface area contributed by atoms with Crippen LogP contribution < -0.4 is 10.5 Å². The first-order valence-electron chi connectivity index (χ1n) is 5.63. The van der Waals surface area contributed by atoms with Gasteiger partial charge in [0.15, 0.2) is 5.88 Å². The zero-order valence-corrected chi connectivity index (χ0v) is 10.6. The van der Waals surface area contributed by atoms with Gasteiger partial charge in [-0.15, -0.1) is 0 Å². The van der Waals surface area contributed by atoms with E-state index in [0.717, 1.165) is 16.7 Å². The fourth-order valence-electron chi connectivity index (χ4n) is 1.69. The van der Waals surface area contributed by atoms with Crippen LogP contribution in [0.15, 0.2) is 28.7 Å². The van der Waals surface area contributed by atoms with Gasteiger partial charge in [0, 0.05) is 6.07 Å². The average molecular weight is 245 g/mol. The number of ether oxygens (including phenoxy) is 1. The second-order valence-corrected chi connectivity index (χ2v) is 4.25. The Morgan fingerprint density at radius 3 is 2.39 bits per heavy atom. The van der Waals surface area contributed by atoms with Crippen molar-refractivity contribution in [2.24, 2.45) is 0 Å². The van der Waals surface area contributed by atoms with E-state index in [1.807, 2.05) is 32.9 Å². The standard InChI is InChI=1S/C14H15NO3/c1-8-4-5-9(2)13(10(8)3)18-14(16)11-6-7-12(15)17-11/h4-7H,15H2,1-3H3. The average Bonchev–Trinajstić information content (AvgIpc) is 2.76. The number of hydrogen-bond acceptors (Lipinski definition) is 4. The molecular weight excluding hydrogens is 230 g/mol. The molecule has 4 heteroatoms. The molecule has 1 aromatic carbocycles. The number of carbonyl (C=O) groups excluding carboxylic acids is 1. The molecule has 0 aliphatic rings. The van der Waals surface area contributed by atoms with Crippen molar-refractivity contribution in [3.05, 3.63) is 46.7 Å². The monoisotopic (exact) mass is 245 g/mol. The van der Waals surface area contributed by atoms with Crippen LogP contribution in [0.1, 0.15) is 27.2 Å². The van der Waals surface area contributed by atoms with Crippen molar-refractivity contribution in [2.75, 3.05) is 5.73 Å². The summed E-state index contributed by atoms with van der Waals surface area (Å²) in [6, 6.07) is 6.93. The molecule has 1 heterocycles. The fourth-order valence-corrected chi connectivity index (χ4v) is 1.69. The summed E-state index contributed by atoms with van der Waals surface area (Å²) in [4.78, 5) is 11.9. The molecule has 0 bridgehead atoms. The van der Waals surface area contributed by atoms with Crippen LogP contribution >= 0.6 is 0 Å². The van der Waals surface area contributed by atoms with E-state index in [1.54, 1.807) is 0 Å². The second-order valence-electron chi connectivity index (χ2n) is 4.25. The van der Waals surface area contributed by atoms with Crippen LogP contribution in [-0.4, -0.2) is 5.97 Å². The number of benzene rings is 1. The van der Waals surface area contributed by atoms with E-state index in [9.17, 15) is 4.79 Å². The van der Waals surface area contributed by atoms with Gasteiger partial charge in [0.2, 0.25) is 5.76 Å². The lowest BCUT2D eigenvalue weighted by Crippen LogP contribution is -2.09. The SMILES string of the molecule is Cc1ccc(C)c(OC(=O)c2ccc(N)o2)c1C. The number of carbonyl (C=O) groups is 1. The van der Waals surface area contributed by atoms with Gasteiger partial charge in [0.05, 0.1) is 0 Å². The first kappa shape index (κ1) is 12.2. The largest absolute Gasteiger partial charge is 0.434 e. The van der Waals surface area contributed by atoms with Gasteiger partial charge in [-0.1, -0.05) is 12.1 Å². The Morgan fingerprint density at radius 1 is 1.11 bits per heavy atom. The van der Waals surface area contributed by atoms with E-state index in [-0.39, 0.29) is 11.6 Å². The van der Waals surface area contributed by atoms with E-state index >= 15 is 0 Å². The first-order valence-corrected chi connectivity index (χ1v) is 5.63. The summed E-state index contributed by atoms with van der Waals surface area (Å²) >= 11 is 0. The number of anilines is 1. The minimum atomic E-state index is -0.538. The maximum atomic E-state index is 11.9. The number of hydrogen-bond donors (Lipinski definition) is 1. The van der Waals surface area contributed by atoms with Gasteiger partial charge in [-0.2, -0.15) is 0 Å². The molecule has 0 atom stereocenters. The molecule has 94 valence electrons. The van der Waals surface area contributed by atoms with Crippen LogP contribution in [0.3, 0.4) is 0 Å². The zero-order chi connectivity index (χ0) is 13.3. The third kappa shape index (κ3) is 2.22. The molecule has 0 spiro atoms. The van der Waals surface area contributed by atoms with Crippen LogP contribution in [0.5, 0.6) is 5.75 Å². The van der Waals surface area contributed by atoms with Crippen molar-refractivity contribution in [2.45, 2.75) is 20.8 Å². The molecule has 0 saturated heterocycles. The van der Waals surface area contributed by atoms with E-state index in [4.69, 9.17) is 14.9 Å². The summed E-state index contributed by atoms with van der Waals surface area (Å²) in [5.41, 5.74) is 8.35. The summed E-state index contributed by atoms with van der Waals surface area (Å²) in [5.74, 6) is 0.339. The Labute approximate surface area is 105 Å². The summed E-state index contributed by atoms with van der Waals surface area (Å²) in [5, 5.41) is 0. The molecule has 0 saturated carbocycles. The van der Waals surface area contributed by atoms with Crippen LogP contribution in [0.4, 0.5) is 5.88 Å². The normalized spacial score (nSPS) is 10.4. The number of nitrogen functional groups attached to an aromatic ring is 1. The Kier molecular flexibility index (Phi) is 3.10. The summed E-state index contributed by atoms with van der Waals surface area (Å²) in [6.45, 7) is 5.78. The maximum Gasteiger partial charge on any atom is 0.379 e. The zero-order valence-electron chi connectivity index (χ0n) is 10.6. The molecule has 2 N–H and O–H groups in total. The van der Waals surface area contributed by atoms with Crippen molar-refractivity contribution in [1.82, 2.24) is 0 Å². The molecule has 0 amide bonds. The molecule has 2 aromatic rings. The Hall–Kier alpha value is -2.23. The van der Waals surface area contributed by atoms with Crippen molar-refractivity contribution >= 4 is 11.9 Å². The topological polar surface area (TPSA) is 65.5 Å². The lowest BCUT2D eigenvalue weighted by atomic mass is 10.1. The lowest BCUT2D eigenvalue weighted by molar-refractivity contribution is 0.0700. The van der Waals surface area contributed by atoms with Crippen LogP contribution in [0, 0.1) is 20.8 Å². The van der Waals surface area contributed by atoms with E-state index in [2.05, 4.69) is 0 Å².